The number of pyridine rings is 1. The molecule has 0 aliphatic carbocycles. The topological polar surface area (TPSA) is 33.2 Å². The third-order valence-electron chi connectivity index (χ3n) is 2.79. The highest BCUT2D eigenvalue weighted by molar-refractivity contribution is 5.95. The molecule has 2 heterocycles. The summed E-state index contributed by atoms with van der Waals surface area (Å²) in [5.74, 6) is -0.222. The highest BCUT2D eigenvalue weighted by Gasteiger charge is 2.34. The Morgan fingerprint density at radius 2 is 2.17 bits per heavy atom. The number of hydrogen-bond donors (Lipinski definition) is 0. The van der Waals surface area contributed by atoms with Gasteiger partial charge >= 0.3 is 6.18 Å². The van der Waals surface area contributed by atoms with E-state index in [1.165, 1.54) is 17.0 Å². The predicted octanol–water partition coefficient (Wildman–Crippen LogP) is 2.64. The number of alkyl halides is 3. The van der Waals surface area contributed by atoms with Crippen molar-refractivity contribution >= 4 is 11.7 Å². The molecule has 1 aromatic heterocycles. The van der Waals surface area contributed by atoms with E-state index in [0.29, 0.717) is 6.54 Å². The van der Waals surface area contributed by atoms with Crippen molar-refractivity contribution in [2.45, 2.75) is 12.6 Å². The highest BCUT2D eigenvalue weighted by atomic mass is 19.4. The van der Waals surface area contributed by atoms with Crippen LogP contribution in [-0.4, -0.2) is 17.4 Å². The summed E-state index contributed by atoms with van der Waals surface area (Å²) in [6, 6.07) is 3.54. The molecule has 3 nitrogen and oxygen atoms in total. The average Bonchev–Trinajstić information content (AvgIpc) is 2.70. The SMILES string of the molecule is C=CC1CC(=O)N(c2cccc(C(F)(F)F)n2)C1. The normalized spacial score (nSPS) is 20.3. The molecule has 1 fully saturated rings. The van der Waals surface area contributed by atoms with Gasteiger partial charge in [-0.2, -0.15) is 13.2 Å². The van der Waals surface area contributed by atoms with Crippen LogP contribution in [0.4, 0.5) is 19.0 Å². The minimum absolute atomic E-state index is 0.0335. The predicted molar refractivity (Wildman–Crippen MR) is 59.9 cm³/mol. The van der Waals surface area contributed by atoms with Crippen LogP contribution in [0.25, 0.3) is 0 Å². The number of anilines is 1. The van der Waals surface area contributed by atoms with Crippen LogP contribution in [0.2, 0.25) is 0 Å². The van der Waals surface area contributed by atoms with E-state index in [-0.39, 0.29) is 24.1 Å². The molecule has 1 aliphatic heterocycles. The van der Waals surface area contributed by atoms with Crippen molar-refractivity contribution in [3.63, 3.8) is 0 Å². The van der Waals surface area contributed by atoms with Crippen LogP contribution in [0.5, 0.6) is 0 Å². The second kappa shape index (κ2) is 4.44. The van der Waals surface area contributed by atoms with Crippen LogP contribution < -0.4 is 4.90 Å². The molecule has 1 amide bonds. The molecule has 1 saturated heterocycles. The van der Waals surface area contributed by atoms with E-state index in [1.54, 1.807) is 6.08 Å². The second-order valence-electron chi connectivity index (χ2n) is 4.08. The zero-order valence-electron chi connectivity index (χ0n) is 9.44. The van der Waals surface area contributed by atoms with Crippen LogP contribution in [0.3, 0.4) is 0 Å². The van der Waals surface area contributed by atoms with Crippen molar-refractivity contribution in [2.24, 2.45) is 5.92 Å². The van der Waals surface area contributed by atoms with Gasteiger partial charge in [-0.1, -0.05) is 12.1 Å². The summed E-state index contributed by atoms with van der Waals surface area (Å²) in [5.41, 5.74) is -0.991. The van der Waals surface area contributed by atoms with Gasteiger partial charge in [-0.15, -0.1) is 6.58 Å². The maximum Gasteiger partial charge on any atom is 0.433 e. The number of halogens is 3. The van der Waals surface area contributed by atoms with Gasteiger partial charge in [0.1, 0.15) is 11.5 Å². The molecule has 0 spiro atoms. The van der Waals surface area contributed by atoms with Crippen LogP contribution in [0.15, 0.2) is 30.9 Å². The van der Waals surface area contributed by atoms with Gasteiger partial charge in [-0.3, -0.25) is 9.69 Å². The Balaban J connectivity index is 2.29. The van der Waals surface area contributed by atoms with Gasteiger partial charge in [0.15, 0.2) is 0 Å². The molecule has 0 N–H and O–H groups in total. The lowest BCUT2D eigenvalue weighted by Crippen LogP contribution is -2.26. The fraction of sp³-hybridized carbons (Fsp3) is 0.333. The van der Waals surface area contributed by atoms with Gasteiger partial charge in [0, 0.05) is 18.9 Å². The molecular weight excluding hydrogens is 245 g/mol. The Morgan fingerprint density at radius 3 is 2.72 bits per heavy atom. The zero-order valence-corrected chi connectivity index (χ0v) is 9.44. The van der Waals surface area contributed by atoms with Crippen LogP contribution >= 0.6 is 0 Å². The van der Waals surface area contributed by atoms with Crippen molar-refractivity contribution in [1.82, 2.24) is 4.98 Å². The number of carbonyl (C=O) groups is 1. The number of rotatable bonds is 2. The largest absolute Gasteiger partial charge is 0.433 e. The zero-order chi connectivity index (χ0) is 13.3. The standard InChI is InChI=1S/C12H11F3N2O/c1-2-8-6-11(18)17(7-8)10-5-3-4-9(16-10)12(13,14)15/h2-5,8H,1,6-7H2. The summed E-state index contributed by atoms with van der Waals surface area (Å²) in [6.07, 6.45) is -2.61. The fourth-order valence-electron chi connectivity index (χ4n) is 1.85. The van der Waals surface area contributed by atoms with Crippen LogP contribution in [0.1, 0.15) is 12.1 Å². The summed E-state index contributed by atoms with van der Waals surface area (Å²) in [5, 5.41) is 0. The summed E-state index contributed by atoms with van der Waals surface area (Å²) in [7, 11) is 0. The molecule has 96 valence electrons. The first-order valence-corrected chi connectivity index (χ1v) is 5.39. The number of carbonyl (C=O) groups excluding carboxylic acids is 1. The quantitative estimate of drug-likeness (QED) is 0.762. The van der Waals surface area contributed by atoms with Gasteiger partial charge in [-0.05, 0) is 12.1 Å². The Kier molecular flexibility index (Phi) is 3.11. The lowest BCUT2D eigenvalue weighted by molar-refractivity contribution is -0.141. The third-order valence-corrected chi connectivity index (χ3v) is 2.79. The minimum Gasteiger partial charge on any atom is -0.296 e. The fourth-order valence-corrected chi connectivity index (χ4v) is 1.85. The van der Waals surface area contributed by atoms with Crippen molar-refractivity contribution < 1.29 is 18.0 Å². The summed E-state index contributed by atoms with van der Waals surface area (Å²) in [6.45, 7) is 3.91. The number of nitrogens with zero attached hydrogens (tertiary/aromatic N) is 2. The number of hydrogen-bond acceptors (Lipinski definition) is 2. The molecule has 6 heteroatoms. The van der Waals surface area contributed by atoms with E-state index in [2.05, 4.69) is 11.6 Å². The van der Waals surface area contributed by atoms with E-state index in [9.17, 15) is 18.0 Å². The monoisotopic (exact) mass is 256 g/mol. The maximum atomic E-state index is 12.5. The molecule has 1 atom stereocenters. The number of aromatic nitrogens is 1. The number of amides is 1. The van der Waals surface area contributed by atoms with Gasteiger partial charge in [-0.25, -0.2) is 4.98 Å². The Labute approximate surface area is 102 Å². The first-order valence-electron chi connectivity index (χ1n) is 5.39. The minimum atomic E-state index is -4.50. The summed E-state index contributed by atoms with van der Waals surface area (Å²) in [4.78, 5) is 16.4. The van der Waals surface area contributed by atoms with Crippen LogP contribution in [0, 0.1) is 5.92 Å². The van der Waals surface area contributed by atoms with Gasteiger partial charge in [0.25, 0.3) is 0 Å². The highest BCUT2D eigenvalue weighted by Crippen LogP contribution is 2.30. The molecular formula is C12H11F3N2O. The molecule has 1 aliphatic rings. The van der Waals surface area contributed by atoms with E-state index >= 15 is 0 Å². The summed E-state index contributed by atoms with van der Waals surface area (Å²) >= 11 is 0. The van der Waals surface area contributed by atoms with Gasteiger partial charge < -0.3 is 0 Å². The van der Waals surface area contributed by atoms with E-state index in [1.807, 2.05) is 0 Å². The first kappa shape index (κ1) is 12.6. The Hall–Kier alpha value is -1.85. The van der Waals surface area contributed by atoms with Crippen molar-refractivity contribution in [3.05, 3.63) is 36.5 Å². The first-order chi connectivity index (χ1) is 8.41. The average molecular weight is 256 g/mol. The molecule has 2 rings (SSSR count). The van der Waals surface area contributed by atoms with Crippen molar-refractivity contribution in [1.29, 1.82) is 0 Å². The van der Waals surface area contributed by atoms with Crippen molar-refractivity contribution in [3.8, 4) is 0 Å². The second-order valence-corrected chi connectivity index (χ2v) is 4.08. The molecule has 0 saturated carbocycles. The smallest absolute Gasteiger partial charge is 0.296 e. The maximum absolute atomic E-state index is 12.5. The van der Waals surface area contributed by atoms with Crippen molar-refractivity contribution in [2.75, 3.05) is 11.4 Å². The third kappa shape index (κ3) is 2.37. The molecule has 0 radical (unpaired) electrons. The van der Waals surface area contributed by atoms with E-state index in [4.69, 9.17) is 0 Å². The molecule has 18 heavy (non-hydrogen) atoms. The summed E-state index contributed by atoms with van der Waals surface area (Å²) < 4.78 is 37.5. The molecule has 0 aromatic carbocycles. The molecule has 0 bridgehead atoms. The van der Waals surface area contributed by atoms with E-state index in [0.717, 1.165) is 6.07 Å². The van der Waals surface area contributed by atoms with Gasteiger partial charge in [0.2, 0.25) is 5.91 Å². The lowest BCUT2D eigenvalue weighted by atomic mass is 10.1. The lowest BCUT2D eigenvalue weighted by Gasteiger charge is -2.16. The van der Waals surface area contributed by atoms with Gasteiger partial charge in [0.05, 0.1) is 0 Å². The Bertz CT molecular complexity index is 484. The molecule has 1 unspecified atom stereocenters. The Morgan fingerprint density at radius 1 is 1.44 bits per heavy atom. The van der Waals surface area contributed by atoms with E-state index < -0.39 is 11.9 Å². The van der Waals surface area contributed by atoms with Crippen LogP contribution in [-0.2, 0) is 11.0 Å². The molecule has 1 aromatic rings.